The van der Waals surface area contributed by atoms with Crippen LogP contribution in [-0.2, 0) is 0 Å². The lowest BCUT2D eigenvalue weighted by Crippen LogP contribution is -2.22. The molecular formula is C20H20N4O4. The van der Waals surface area contributed by atoms with Crippen molar-refractivity contribution in [1.82, 2.24) is 15.6 Å². The summed E-state index contributed by atoms with van der Waals surface area (Å²) in [6.45, 7) is 2.62. The van der Waals surface area contributed by atoms with Crippen molar-refractivity contribution in [3.63, 3.8) is 0 Å². The first-order valence-electron chi connectivity index (χ1n) is 8.75. The number of H-pyrrole nitrogens is 1. The zero-order chi connectivity index (χ0) is 19.9. The van der Waals surface area contributed by atoms with E-state index in [2.05, 4.69) is 20.7 Å². The fraction of sp³-hybridized carbons (Fsp3) is 0.200. The van der Waals surface area contributed by atoms with Gasteiger partial charge in [-0.2, -0.15) is 10.2 Å². The van der Waals surface area contributed by atoms with Crippen molar-refractivity contribution >= 4 is 22.9 Å². The van der Waals surface area contributed by atoms with E-state index in [1.54, 1.807) is 49.6 Å². The van der Waals surface area contributed by atoms with Crippen molar-refractivity contribution in [2.24, 2.45) is 5.10 Å². The number of benzene rings is 2. The topological polar surface area (TPSA) is 106 Å². The van der Waals surface area contributed by atoms with Crippen LogP contribution in [0.1, 0.15) is 29.4 Å². The van der Waals surface area contributed by atoms with Gasteiger partial charge in [0.25, 0.3) is 11.5 Å². The zero-order valence-corrected chi connectivity index (χ0v) is 15.6. The van der Waals surface area contributed by atoms with Crippen LogP contribution in [-0.4, -0.2) is 36.0 Å². The molecule has 144 valence electrons. The minimum atomic E-state index is -0.529. The molecule has 0 radical (unpaired) electrons. The molecule has 0 spiro atoms. The molecule has 0 bridgehead atoms. The fourth-order valence-electron chi connectivity index (χ4n) is 2.60. The van der Waals surface area contributed by atoms with E-state index in [-0.39, 0.29) is 11.3 Å². The van der Waals surface area contributed by atoms with Crippen LogP contribution in [0.2, 0.25) is 0 Å². The maximum atomic E-state index is 12.4. The summed E-state index contributed by atoms with van der Waals surface area (Å²) in [7, 11) is 1.56. The van der Waals surface area contributed by atoms with Gasteiger partial charge in [-0.1, -0.05) is 25.1 Å². The largest absolute Gasteiger partial charge is 0.493 e. The van der Waals surface area contributed by atoms with Crippen molar-refractivity contribution in [3.05, 3.63) is 64.1 Å². The summed E-state index contributed by atoms with van der Waals surface area (Å²) in [6, 6.07) is 12.1. The number of carbonyl (C=O) groups is 1. The Hall–Kier alpha value is -3.68. The first-order valence-corrected chi connectivity index (χ1v) is 8.75. The highest BCUT2D eigenvalue weighted by molar-refractivity contribution is 6.04. The maximum absolute atomic E-state index is 12.4. The molecule has 2 N–H and O–H groups in total. The molecule has 1 heterocycles. The third-order valence-electron chi connectivity index (χ3n) is 3.94. The molecule has 0 fully saturated rings. The highest BCUT2D eigenvalue weighted by Crippen LogP contribution is 2.27. The molecule has 0 saturated heterocycles. The number of hydrogen-bond acceptors (Lipinski definition) is 6. The third-order valence-corrected chi connectivity index (χ3v) is 3.94. The second kappa shape index (κ2) is 8.81. The Kier molecular flexibility index (Phi) is 6.01. The van der Waals surface area contributed by atoms with E-state index in [0.717, 1.165) is 12.0 Å². The number of carbonyl (C=O) groups excluding carboxylic acids is 1. The van der Waals surface area contributed by atoms with Crippen molar-refractivity contribution in [3.8, 4) is 11.5 Å². The Morgan fingerprint density at radius 2 is 2.00 bits per heavy atom. The van der Waals surface area contributed by atoms with Gasteiger partial charge in [-0.15, -0.1) is 0 Å². The number of nitrogens with zero attached hydrogens (tertiary/aromatic N) is 2. The molecule has 28 heavy (non-hydrogen) atoms. The van der Waals surface area contributed by atoms with E-state index in [9.17, 15) is 9.59 Å². The van der Waals surface area contributed by atoms with E-state index in [4.69, 9.17) is 9.47 Å². The summed E-state index contributed by atoms with van der Waals surface area (Å²) in [6.07, 6.45) is 2.38. The lowest BCUT2D eigenvalue weighted by atomic mass is 10.1. The lowest BCUT2D eigenvalue weighted by Gasteiger charge is -2.10. The Morgan fingerprint density at radius 3 is 2.75 bits per heavy atom. The monoisotopic (exact) mass is 380 g/mol. The number of fused-ring (bicyclic) bond motifs is 1. The molecular weight excluding hydrogens is 360 g/mol. The standard InChI is InChI=1S/C20H20N4O4/c1-3-10-28-16-9-8-13(11-17(16)27-2)12-21-23-20(26)18-14-6-4-5-7-15(14)19(25)24-22-18/h4-9,11-12H,3,10H2,1-2H3,(H,23,26)(H,24,25)/b21-12+. The van der Waals surface area contributed by atoms with Crippen molar-refractivity contribution in [2.75, 3.05) is 13.7 Å². The van der Waals surface area contributed by atoms with Crippen molar-refractivity contribution in [2.45, 2.75) is 13.3 Å². The smallest absolute Gasteiger partial charge is 0.292 e. The van der Waals surface area contributed by atoms with E-state index in [1.165, 1.54) is 6.21 Å². The van der Waals surface area contributed by atoms with Crippen LogP contribution in [0, 0.1) is 0 Å². The molecule has 8 nitrogen and oxygen atoms in total. The summed E-state index contributed by atoms with van der Waals surface area (Å²) in [4.78, 5) is 24.2. The third kappa shape index (κ3) is 4.17. The van der Waals surface area contributed by atoms with Gasteiger partial charge in [0, 0.05) is 5.39 Å². The Bertz CT molecular complexity index is 1080. The molecule has 3 rings (SSSR count). The quantitative estimate of drug-likeness (QED) is 0.484. The van der Waals surface area contributed by atoms with Gasteiger partial charge in [0.1, 0.15) is 0 Å². The number of aromatic amines is 1. The number of ether oxygens (including phenoxy) is 2. The van der Waals surface area contributed by atoms with Gasteiger partial charge in [0.05, 0.1) is 25.3 Å². The number of hydrogen-bond donors (Lipinski definition) is 2. The van der Waals surface area contributed by atoms with Gasteiger partial charge in [-0.3, -0.25) is 9.59 Å². The SMILES string of the molecule is CCCOc1ccc(/C=N/NC(=O)c2n[nH]c(=O)c3ccccc23)cc1OC. The fourth-order valence-corrected chi connectivity index (χ4v) is 2.60. The molecule has 0 saturated carbocycles. The van der Waals surface area contributed by atoms with E-state index in [1.807, 2.05) is 6.92 Å². The Labute approximate surface area is 161 Å². The van der Waals surface area contributed by atoms with Gasteiger partial charge in [-0.05, 0) is 36.2 Å². The highest BCUT2D eigenvalue weighted by atomic mass is 16.5. The van der Waals surface area contributed by atoms with Gasteiger partial charge in [0.2, 0.25) is 0 Å². The number of rotatable bonds is 7. The predicted molar refractivity (Wildman–Crippen MR) is 106 cm³/mol. The summed E-state index contributed by atoms with van der Waals surface area (Å²) in [5.74, 6) is 0.699. The minimum absolute atomic E-state index is 0.0910. The van der Waals surface area contributed by atoms with Crippen molar-refractivity contribution in [1.29, 1.82) is 0 Å². The molecule has 1 aromatic heterocycles. The number of hydrazone groups is 1. The minimum Gasteiger partial charge on any atom is -0.493 e. The average Bonchev–Trinajstić information content (AvgIpc) is 2.73. The van der Waals surface area contributed by atoms with E-state index >= 15 is 0 Å². The molecule has 0 aliphatic rings. The van der Waals surface area contributed by atoms with Crippen molar-refractivity contribution < 1.29 is 14.3 Å². The number of amides is 1. The van der Waals surface area contributed by atoms with Crippen LogP contribution >= 0.6 is 0 Å². The second-order valence-corrected chi connectivity index (χ2v) is 5.90. The van der Waals surface area contributed by atoms with Crippen LogP contribution in [0.4, 0.5) is 0 Å². The Morgan fingerprint density at radius 1 is 1.21 bits per heavy atom. The molecule has 0 atom stereocenters. The first-order chi connectivity index (χ1) is 13.6. The van der Waals surface area contributed by atoms with Crippen LogP contribution in [0.15, 0.2) is 52.4 Å². The van der Waals surface area contributed by atoms with E-state index < -0.39 is 5.91 Å². The number of methoxy groups -OCH3 is 1. The molecule has 0 unspecified atom stereocenters. The Balaban J connectivity index is 1.75. The van der Waals surface area contributed by atoms with Crippen LogP contribution in [0.3, 0.4) is 0 Å². The summed E-state index contributed by atoms with van der Waals surface area (Å²) < 4.78 is 10.9. The van der Waals surface area contributed by atoms with Gasteiger partial charge < -0.3 is 9.47 Å². The first kappa shape index (κ1) is 19.1. The molecule has 8 heteroatoms. The lowest BCUT2D eigenvalue weighted by molar-refractivity contribution is 0.0951. The van der Waals surface area contributed by atoms with Gasteiger partial charge in [-0.25, -0.2) is 10.5 Å². The number of nitrogens with one attached hydrogen (secondary N) is 2. The van der Waals surface area contributed by atoms with Crippen LogP contribution in [0.25, 0.3) is 10.8 Å². The molecule has 3 aromatic rings. The molecule has 1 amide bonds. The second-order valence-electron chi connectivity index (χ2n) is 5.90. The normalized spacial score (nSPS) is 10.9. The van der Waals surface area contributed by atoms with Crippen LogP contribution < -0.4 is 20.5 Å². The van der Waals surface area contributed by atoms with Gasteiger partial charge >= 0.3 is 0 Å². The summed E-state index contributed by atoms with van der Waals surface area (Å²) in [5.41, 5.74) is 2.88. The molecule has 0 aliphatic carbocycles. The molecule has 2 aromatic carbocycles. The zero-order valence-electron chi connectivity index (χ0n) is 15.6. The highest BCUT2D eigenvalue weighted by Gasteiger charge is 2.13. The maximum Gasteiger partial charge on any atom is 0.292 e. The van der Waals surface area contributed by atoms with E-state index in [0.29, 0.717) is 28.9 Å². The summed E-state index contributed by atoms with van der Waals surface area (Å²) in [5, 5.41) is 11.0. The molecule has 0 aliphatic heterocycles. The number of aromatic nitrogens is 2. The predicted octanol–water partition coefficient (Wildman–Crippen LogP) is 2.48. The van der Waals surface area contributed by atoms with Gasteiger partial charge in [0.15, 0.2) is 17.2 Å². The van der Waals surface area contributed by atoms with Crippen LogP contribution in [0.5, 0.6) is 11.5 Å². The average molecular weight is 380 g/mol. The summed E-state index contributed by atoms with van der Waals surface area (Å²) >= 11 is 0.